The molecule has 0 saturated heterocycles. The van der Waals surface area contributed by atoms with Gasteiger partial charge < -0.3 is 9.32 Å². The van der Waals surface area contributed by atoms with E-state index in [0.29, 0.717) is 27.4 Å². The molecule has 4 aromatic carbocycles. The largest absolute Gasteiger partial charge is 0.450 e. The molecular weight excluding hydrogens is 601 g/mol. The van der Waals surface area contributed by atoms with Crippen molar-refractivity contribution in [3.63, 3.8) is 0 Å². The third-order valence-corrected chi connectivity index (χ3v) is 9.57. The van der Waals surface area contributed by atoms with E-state index in [1.54, 1.807) is 42.5 Å². The van der Waals surface area contributed by atoms with Gasteiger partial charge in [-0.3, -0.25) is 19.3 Å². The SMILES string of the molecule is Cc1cc(C)c2nc(N3C(=O)c4oc5ccc(Cl)cc5c(=O)c4C34C(=O)N(Cc3ccc(F)cc3)c3ccccc34)sc2c1. The Hall–Kier alpha value is -4.86. The number of rotatable bonds is 3. The summed E-state index contributed by atoms with van der Waals surface area (Å²) in [6, 6.07) is 21.5. The summed E-state index contributed by atoms with van der Waals surface area (Å²) in [7, 11) is 0. The van der Waals surface area contributed by atoms with Gasteiger partial charge in [-0.05, 0) is 73.0 Å². The second-order valence-corrected chi connectivity index (χ2v) is 12.5. The summed E-state index contributed by atoms with van der Waals surface area (Å²) in [4.78, 5) is 51.8. The van der Waals surface area contributed by atoms with Crippen LogP contribution in [0, 0.1) is 19.7 Å². The maximum atomic E-state index is 15.1. The lowest BCUT2D eigenvalue weighted by molar-refractivity contribution is -0.121. The highest BCUT2D eigenvalue weighted by atomic mass is 35.5. The highest BCUT2D eigenvalue weighted by molar-refractivity contribution is 7.22. The molecule has 1 atom stereocenters. The van der Waals surface area contributed by atoms with E-state index in [-0.39, 0.29) is 34.0 Å². The molecule has 6 aromatic rings. The summed E-state index contributed by atoms with van der Waals surface area (Å²) in [5.74, 6) is -1.78. The maximum absolute atomic E-state index is 15.1. The minimum Gasteiger partial charge on any atom is -0.450 e. The van der Waals surface area contributed by atoms with E-state index in [2.05, 4.69) is 0 Å². The summed E-state index contributed by atoms with van der Waals surface area (Å²) >= 11 is 7.56. The van der Waals surface area contributed by atoms with Crippen molar-refractivity contribution in [3.05, 3.63) is 134 Å². The van der Waals surface area contributed by atoms with Gasteiger partial charge in [-0.1, -0.05) is 59.3 Å². The van der Waals surface area contributed by atoms with Gasteiger partial charge in [-0.2, -0.15) is 0 Å². The van der Waals surface area contributed by atoms with Crippen molar-refractivity contribution >= 4 is 66.8 Å². The Labute approximate surface area is 258 Å². The summed E-state index contributed by atoms with van der Waals surface area (Å²) in [6.45, 7) is 4.00. The maximum Gasteiger partial charge on any atom is 0.297 e. The van der Waals surface area contributed by atoms with E-state index in [1.165, 1.54) is 45.4 Å². The Bertz CT molecular complexity index is 2300. The first-order valence-corrected chi connectivity index (χ1v) is 15.0. The monoisotopic (exact) mass is 621 g/mol. The molecule has 216 valence electrons. The van der Waals surface area contributed by atoms with E-state index in [0.717, 1.165) is 15.8 Å². The number of thiazole rings is 1. The second kappa shape index (κ2) is 9.32. The number of anilines is 2. The van der Waals surface area contributed by atoms with Gasteiger partial charge in [-0.25, -0.2) is 9.37 Å². The molecule has 2 aliphatic rings. The third kappa shape index (κ3) is 3.54. The van der Waals surface area contributed by atoms with Gasteiger partial charge in [-0.15, -0.1) is 0 Å². The Morgan fingerprint density at radius 2 is 1.75 bits per heavy atom. The van der Waals surface area contributed by atoms with Crippen LogP contribution in [0.4, 0.5) is 15.2 Å². The van der Waals surface area contributed by atoms with E-state index in [4.69, 9.17) is 21.0 Å². The molecule has 0 radical (unpaired) electrons. The number of aromatic nitrogens is 1. The van der Waals surface area contributed by atoms with Crippen LogP contribution in [0.3, 0.4) is 0 Å². The van der Waals surface area contributed by atoms with Crippen LogP contribution in [0.25, 0.3) is 21.2 Å². The van der Waals surface area contributed by atoms with E-state index >= 15 is 4.79 Å². The molecule has 8 rings (SSSR count). The predicted molar refractivity (Wildman–Crippen MR) is 168 cm³/mol. The number of benzene rings is 4. The molecule has 44 heavy (non-hydrogen) atoms. The highest BCUT2D eigenvalue weighted by Gasteiger charge is 2.66. The fourth-order valence-corrected chi connectivity index (χ4v) is 7.88. The number of amides is 2. The number of carbonyl (C=O) groups excluding carboxylic acids is 2. The summed E-state index contributed by atoms with van der Waals surface area (Å²) < 4.78 is 20.8. The zero-order valence-corrected chi connectivity index (χ0v) is 24.9. The molecule has 2 aromatic heterocycles. The van der Waals surface area contributed by atoms with Crippen molar-refractivity contribution in [2.24, 2.45) is 0 Å². The molecular formula is C34H21ClFN3O4S. The topological polar surface area (TPSA) is 83.7 Å². The number of nitrogens with zero attached hydrogens (tertiary/aromatic N) is 3. The number of aryl methyl sites for hydroxylation is 2. The molecule has 2 aliphatic heterocycles. The van der Waals surface area contributed by atoms with Crippen LogP contribution in [-0.4, -0.2) is 16.8 Å². The molecule has 10 heteroatoms. The predicted octanol–water partition coefficient (Wildman–Crippen LogP) is 7.26. The Morgan fingerprint density at radius 3 is 2.55 bits per heavy atom. The molecule has 0 fully saturated rings. The summed E-state index contributed by atoms with van der Waals surface area (Å²) in [5, 5.41) is 0.731. The molecule has 0 aliphatic carbocycles. The number of fused-ring (bicyclic) bond motifs is 6. The first kappa shape index (κ1) is 26.7. The molecule has 0 N–H and O–H groups in total. The third-order valence-electron chi connectivity index (χ3n) is 8.35. The van der Waals surface area contributed by atoms with Crippen LogP contribution in [-0.2, 0) is 16.9 Å². The minimum absolute atomic E-state index is 0.0801. The average Bonchev–Trinajstić information content (AvgIpc) is 3.61. The Morgan fingerprint density at radius 1 is 0.977 bits per heavy atom. The molecule has 0 saturated carbocycles. The molecule has 7 nitrogen and oxygen atoms in total. The van der Waals surface area contributed by atoms with Crippen LogP contribution < -0.4 is 15.2 Å². The zero-order chi connectivity index (χ0) is 30.5. The van der Waals surface area contributed by atoms with Gasteiger partial charge >= 0.3 is 0 Å². The van der Waals surface area contributed by atoms with E-state index in [9.17, 15) is 14.0 Å². The number of hydrogen-bond acceptors (Lipinski definition) is 6. The molecule has 2 amide bonds. The first-order chi connectivity index (χ1) is 21.2. The van der Waals surface area contributed by atoms with Crippen molar-refractivity contribution < 1.29 is 18.4 Å². The summed E-state index contributed by atoms with van der Waals surface area (Å²) in [6.07, 6.45) is 0. The lowest BCUT2D eigenvalue weighted by atomic mass is 9.84. The number of halogens is 2. The Kier molecular flexibility index (Phi) is 5.66. The van der Waals surface area contributed by atoms with Gasteiger partial charge in [0.05, 0.1) is 33.4 Å². The van der Waals surface area contributed by atoms with Gasteiger partial charge in [0.2, 0.25) is 5.76 Å². The Balaban J connectivity index is 1.45. The molecule has 1 spiro atoms. The van der Waals surface area contributed by atoms with Crippen molar-refractivity contribution in [2.75, 3.05) is 9.80 Å². The van der Waals surface area contributed by atoms with Crippen molar-refractivity contribution in [1.82, 2.24) is 4.98 Å². The van der Waals surface area contributed by atoms with Crippen LogP contribution in [0.2, 0.25) is 5.02 Å². The van der Waals surface area contributed by atoms with Gasteiger partial charge in [0, 0.05) is 10.6 Å². The highest BCUT2D eigenvalue weighted by Crippen LogP contribution is 2.55. The minimum atomic E-state index is -1.91. The molecule has 4 heterocycles. The quantitative estimate of drug-likeness (QED) is 0.208. The normalized spacial score (nSPS) is 17.4. The zero-order valence-electron chi connectivity index (χ0n) is 23.4. The number of carbonyl (C=O) groups is 2. The van der Waals surface area contributed by atoms with Crippen molar-refractivity contribution in [2.45, 2.75) is 25.9 Å². The van der Waals surface area contributed by atoms with E-state index < -0.39 is 28.6 Å². The second-order valence-electron chi connectivity index (χ2n) is 11.1. The summed E-state index contributed by atoms with van der Waals surface area (Å²) in [5.41, 5.74) is 1.96. The van der Waals surface area contributed by atoms with Crippen LogP contribution in [0.1, 0.15) is 38.4 Å². The average molecular weight is 622 g/mol. The lowest BCUT2D eigenvalue weighted by Gasteiger charge is -2.32. The van der Waals surface area contributed by atoms with E-state index in [1.807, 2.05) is 26.0 Å². The van der Waals surface area contributed by atoms with Crippen LogP contribution in [0.5, 0.6) is 0 Å². The lowest BCUT2D eigenvalue weighted by Crippen LogP contribution is -2.53. The molecule has 0 bridgehead atoms. The van der Waals surface area contributed by atoms with Crippen molar-refractivity contribution in [1.29, 1.82) is 0 Å². The van der Waals surface area contributed by atoms with Gasteiger partial charge in [0.1, 0.15) is 11.4 Å². The van der Waals surface area contributed by atoms with Gasteiger partial charge in [0.15, 0.2) is 16.1 Å². The first-order valence-electron chi connectivity index (χ1n) is 13.8. The van der Waals surface area contributed by atoms with Crippen molar-refractivity contribution in [3.8, 4) is 0 Å². The fourth-order valence-electron chi connectivity index (χ4n) is 6.52. The standard InChI is InChI=1S/C34H21ClFN3O4S/c1-17-13-18(2)28-26(14-17)44-33(37-28)39-31(41)30-27(29(40)22-15-20(35)9-12-25(22)43-30)34(39)23-5-3-4-6-24(23)38(32(34)42)16-19-7-10-21(36)11-8-19/h3-15H,16H2,1-2H3. The number of hydrogen-bond donors (Lipinski definition) is 0. The molecule has 1 unspecified atom stereocenters. The number of para-hydroxylation sites is 1. The fraction of sp³-hybridized carbons (Fsp3) is 0.118. The van der Waals surface area contributed by atoms with Gasteiger partial charge in [0.25, 0.3) is 11.8 Å². The van der Waals surface area contributed by atoms with Crippen LogP contribution in [0.15, 0.2) is 88.1 Å². The van der Waals surface area contributed by atoms with Crippen LogP contribution >= 0.6 is 22.9 Å². The smallest absolute Gasteiger partial charge is 0.297 e.